The second-order valence-corrected chi connectivity index (χ2v) is 6.31. The summed E-state index contributed by atoms with van der Waals surface area (Å²) in [6, 6.07) is 4.13. The van der Waals surface area contributed by atoms with Crippen LogP contribution in [0.5, 0.6) is 0 Å². The smallest absolute Gasteiger partial charge is 0.408 e. The van der Waals surface area contributed by atoms with Crippen molar-refractivity contribution in [1.82, 2.24) is 5.32 Å². The van der Waals surface area contributed by atoms with E-state index in [9.17, 15) is 9.18 Å². The van der Waals surface area contributed by atoms with Gasteiger partial charge in [-0.05, 0) is 38.5 Å². The highest BCUT2D eigenvalue weighted by atomic mass is 127. The van der Waals surface area contributed by atoms with Crippen molar-refractivity contribution in [1.29, 1.82) is 0 Å². The van der Waals surface area contributed by atoms with Crippen molar-refractivity contribution in [2.75, 3.05) is 4.43 Å². The number of amides is 1. The quantitative estimate of drug-likeness (QED) is 0.601. The second kappa shape index (κ2) is 6.74. The zero-order valence-electron chi connectivity index (χ0n) is 11.0. The van der Waals surface area contributed by atoms with E-state index in [2.05, 4.69) is 27.9 Å². The number of alkyl halides is 1. The summed E-state index contributed by atoms with van der Waals surface area (Å²) in [5.41, 5.74) is 0.187. The van der Waals surface area contributed by atoms with Crippen LogP contribution >= 0.6 is 34.2 Å². The van der Waals surface area contributed by atoms with Crippen molar-refractivity contribution >= 4 is 40.3 Å². The first-order valence-corrected chi connectivity index (χ1v) is 7.63. The number of hydrogen-bond acceptors (Lipinski definition) is 2. The lowest BCUT2D eigenvalue weighted by Crippen LogP contribution is -2.35. The number of halogens is 3. The molecule has 1 N–H and O–H groups in total. The summed E-state index contributed by atoms with van der Waals surface area (Å²) in [5, 5.41) is 2.78. The van der Waals surface area contributed by atoms with Gasteiger partial charge in [0.15, 0.2) is 0 Å². The van der Waals surface area contributed by atoms with E-state index in [-0.39, 0.29) is 11.1 Å². The van der Waals surface area contributed by atoms with Crippen LogP contribution in [0.4, 0.5) is 9.18 Å². The van der Waals surface area contributed by atoms with Crippen LogP contribution < -0.4 is 5.32 Å². The van der Waals surface area contributed by atoms with Crippen LogP contribution in [0.25, 0.3) is 0 Å². The molecule has 1 amide bonds. The first-order valence-electron chi connectivity index (χ1n) is 5.73. The Morgan fingerprint density at radius 1 is 1.53 bits per heavy atom. The predicted molar refractivity (Wildman–Crippen MR) is 82.4 cm³/mol. The summed E-state index contributed by atoms with van der Waals surface area (Å²) in [7, 11) is 0. The summed E-state index contributed by atoms with van der Waals surface area (Å²) < 4.78 is 18.9. The molecule has 0 aliphatic rings. The van der Waals surface area contributed by atoms with Crippen LogP contribution in [0, 0.1) is 5.82 Å². The van der Waals surface area contributed by atoms with Crippen LogP contribution in [-0.2, 0) is 4.74 Å². The SMILES string of the molecule is CC(C)(C)OC(=O)N[C@H](CI)c1ccc(F)c(Cl)c1. The zero-order valence-corrected chi connectivity index (χ0v) is 13.9. The van der Waals surface area contributed by atoms with Crippen molar-refractivity contribution < 1.29 is 13.9 Å². The molecule has 0 radical (unpaired) electrons. The Bertz CT molecular complexity index is 462. The Morgan fingerprint density at radius 3 is 2.63 bits per heavy atom. The van der Waals surface area contributed by atoms with Gasteiger partial charge in [0.2, 0.25) is 0 Å². The van der Waals surface area contributed by atoms with Gasteiger partial charge in [-0.3, -0.25) is 0 Å². The molecule has 1 aromatic rings. The standard InChI is InChI=1S/C13H16ClFINO2/c1-13(2,3)19-12(18)17-11(7-16)8-4-5-10(15)9(14)6-8/h4-6,11H,7H2,1-3H3,(H,17,18)/t11-/m1/s1. The van der Waals surface area contributed by atoms with Gasteiger partial charge in [0.25, 0.3) is 0 Å². The molecule has 0 aliphatic heterocycles. The van der Waals surface area contributed by atoms with Crippen molar-refractivity contribution in [3.63, 3.8) is 0 Å². The van der Waals surface area contributed by atoms with Crippen molar-refractivity contribution in [3.05, 3.63) is 34.6 Å². The van der Waals surface area contributed by atoms with Crippen LogP contribution in [-0.4, -0.2) is 16.1 Å². The summed E-state index contributed by atoms with van der Waals surface area (Å²) in [6.45, 7) is 5.38. The molecule has 0 unspecified atom stereocenters. The number of rotatable bonds is 3. The summed E-state index contributed by atoms with van der Waals surface area (Å²) in [4.78, 5) is 11.7. The van der Waals surface area contributed by atoms with Gasteiger partial charge in [0, 0.05) is 4.43 Å². The molecule has 6 heteroatoms. The molecule has 1 rings (SSSR count). The fraction of sp³-hybridized carbons (Fsp3) is 0.462. The number of ether oxygens (including phenoxy) is 1. The third-order valence-electron chi connectivity index (χ3n) is 2.19. The largest absolute Gasteiger partial charge is 0.444 e. The van der Waals surface area contributed by atoms with Gasteiger partial charge in [-0.2, -0.15) is 0 Å². The molecule has 106 valence electrons. The number of hydrogen-bond donors (Lipinski definition) is 1. The fourth-order valence-electron chi connectivity index (χ4n) is 1.39. The van der Waals surface area contributed by atoms with E-state index in [0.29, 0.717) is 4.43 Å². The van der Waals surface area contributed by atoms with Gasteiger partial charge in [-0.25, -0.2) is 9.18 Å². The maximum Gasteiger partial charge on any atom is 0.408 e. The number of alkyl carbamates (subject to hydrolysis) is 1. The van der Waals surface area contributed by atoms with Gasteiger partial charge in [0.05, 0.1) is 11.1 Å². The van der Waals surface area contributed by atoms with Crippen molar-refractivity contribution in [2.24, 2.45) is 0 Å². The summed E-state index contributed by atoms with van der Waals surface area (Å²) >= 11 is 7.87. The summed E-state index contributed by atoms with van der Waals surface area (Å²) in [6.07, 6.45) is -0.505. The Kier molecular flexibility index (Phi) is 5.85. The lowest BCUT2D eigenvalue weighted by molar-refractivity contribution is 0.0509. The molecule has 0 aliphatic carbocycles. The Hall–Kier alpha value is -0.560. The Morgan fingerprint density at radius 2 is 2.16 bits per heavy atom. The maximum absolute atomic E-state index is 13.1. The zero-order chi connectivity index (χ0) is 14.6. The van der Waals surface area contributed by atoms with E-state index in [1.165, 1.54) is 12.1 Å². The van der Waals surface area contributed by atoms with Gasteiger partial charge in [0.1, 0.15) is 11.4 Å². The van der Waals surface area contributed by atoms with Gasteiger partial charge in [-0.1, -0.05) is 40.3 Å². The first kappa shape index (κ1) is 16.5. The van der Waals surface area contributed by atoms with Crippen LogP contribution in [0.2, 0.25) is 5.02 Å². The minimum Gasteiger partial charge on any atom is -0.444 e. The number of nitrogens with one attached hydrogen (secondary N) is 1. The highest BCUT2D eigenvalue weighted by Gasteiger charge is 2.20. The van der Waals surface area contributed by atoms with Gasteiger partial charge < -0.3 is 10.1 Å². The molecular formula is C13H16ClFINO2. The number of benzene rings is 1. The third-order valence-corrected chi connectivity index (χ3v) is 3.36. The maximum atomic E-state index is 13.1. The van der Waals surface area contributed by atoms with Crippen molar-refractivity contribution in [3.8, 4) is 0 Å². The molecule has 0 heterocycles. The molecule has 0 bridgehead atoms. The van der Waals surface area contributed by atoms with Crippen LogP contribution in [0.15, 0.2) is 18.2 Å². The molecule has 3 nitrogen and oxygen atoms in total. The van der Waals surface area contributed by atoms with E-state index in [4.69, 9.17) is 16.3 Å². The number of carbonyl (C=O) groups excluding carboxylic acids is 1. The molecule has 19 heavy (non-hydrogen) atoms. The fourth-order valence-corrected chi connectivity index (χ4v) is 2.31. The minimum atomic E-state index is -0.555. The second-order valence-electron chi connectivity index (χ2n) is 5.03. The molecule has 1 atom stereocenters. The normalized spacial score (nSPS) is 12.9. The molecule has 0 aromatic heterocycles. The van der Waals surface area contributed by atoms with E-state index < -0.39 is 17.5 Å². The number of carbonyl (C=O) groups is 1. The van der Waals surface area contributed by atoms with E-state index >= 15 is 0 Å². The van der Waals surface area contributed by atoms with Gasteiger partial charge >= 0.3 is 6.09 Å². The van der Waals surface area contributed by atoms with E-state index in [1.807, 2.05) is 0 Å². The summed E-state index contributed by atoms with van der Waals surface area (Å²) in [5.74, 6) is -0.477. The average molecular weight is 400 g/mol. The van der Waals surface area contributed by atoms with E-state index in [1.54, 1.807) is 26.8 Å². The highest BCUT2D eigenvalue weighted by Crippen LogP contribution is 2.22. The minimum absolute atomic E-state index is 0.0401. The van der Waals surface area contributed by atoms with Crippen LogP contribution in [0.1, 0.15) is 32.4 Å². The lowest BCUT2D eigenvalue weighted by atomic mass is 10.1. The Balaban J connectivity index is 2.78. The predicted octanol–water partition coefficient (Wildman–Crippen LogP) is 4.48. The molecular weight excluding hydrogens is 384 g/mol. The lowest BCUT2D eigenvalue weighted by Gasteiger charge is -2.23. The molecule has 0 saturated heterocycles. The molecule has 0 spiro atoms. The highest BCUT2D eigenvalue weighted by molar-refractivity contribution is 14.1. The Labute approximate surface area is 131 Å². The first-order chi connectivity index (χ1) is 8.73. The molecule has 0 fully saturated rings. The van der Waals surface area contributed by atoms with Gasteiger partial charge in [-0.15, -0.1) is 0 Å². The van der Waals surface area contributed by atoms with E-state index in [0.717, 1.165) is 5.56 Å². The van der Waals surface area contributed by atoms with Crippen molar-refractivity contribution in [2.45, 2.75) is 32.4 Å². The molecule has 0 saturated carbocycles. The molecule has 1 aromatic carbocycles. The third kappa shape index (κ3) is 5.52. The monoisotopic (exact) mass is 399 g/mol. The topological polar surface area (TPSA) is 38.3 Å². The average Bonchev–Trinajstić information content (AvgIpc) is 2.27. The van der Waals surface area contributed by atoms with Crippen LogP contribution in [0.3, 0.4) is 0 Å².